The lowest BCUT2D eigenvalue weighted by atomic mass is 9.92. The van der Waals surface area contributed by atoms with Gasteiger partial charge in [-0.2, -0.15) is 109 Å². The van der Waals surface area contributed by atoms with Crippen LogP contribution < -0.4 is 64.0 Å². The number of ether oxygens (including phenoxy) is 7. The zero-order chi connectivity index (χ0) is 103. The Labute approximate surface area is 838 Å². The van der Waals surface area contributed by atoms with E-state index in [-0.39, 0.29) is 132 Å². The number of fused-ring (bicyclic) bond motifs is 4. The molecule has 147 heavy (non-hydrogen) atoms. The summed E-state index contributed by atoms with van der Waals surface area (Å²) < 4.78 is 105. The van der Waals surface area contributed by atoms with Gasteiger partial charge in [0.05, 0.1) is 105 Å². The van der Waals surface area contributed by atoms with E-state index in [2.05, 4.69) is 159 Å². The summed E-state index contributed by atoms with van der Waals surface area (Å²) in [5.74, 6) is -1.66. The van der Waals surface area contributed by atoms with Crippen LogP contribution in [0.3, 0.4) is 0 Å². The highest BCUT2D eigenvalue weighted by atomic mass is 19.4. The first-order valence-electron chi connectivity index (χ1n) is 49.3. The Bertz CT molecular complexity index is 6830. The Balaban J connectivity index is 0.000000129. The molecule has 9 aliphatic rings. The number of rotatable bonds is 32. The standard InChI is InChI=1S/C25H29N9O2.C24H26F3N9O3.C24H32F2N8O4.C23H25N9O2/c1-14(15-4-5-15)28-23(35)22-29-24(31-25(30-22)36-13-18-11-17(18)12-26)34-9-6-16(7-10-34)20-19-3-2-8-27-21(19)33-32-20;1-12(24(25,26)27)30-21(37)20-31-22(33-23(32-20)39-11-15-9-14(15)10-28)36-7-4-13(5-8-36)18-17-16(38-2)3-6-29-19(17)35-34-18;1-13(12-36-4)38-23-30-20(21(35)28-14(2)24(3,25)26)29-22(31-23)34-10-7-15(8-11-34)18-17-16(37-5)6-9-27-19(17)33-32-18;24-12-15-11-16(15)13-34-23-27-20(21(33)31-7-2-8-31)26-22(28-23)32-9-4-14(5-10-32)18-17-3-1-6-25-19(17)30-29-18/h2-3,8,14-18H,4-7,9-11,13H2,1H3,(H,28,35)(H,27,32,33);3,6,12-15H,4-5,7-9,11H2,1-2H3,(H,30,37)(H,29,34,35);6,9,13-15H,7-8,10-12H2,1-5H3,(H,28,35)(H,27,32,33);1,3,6,14-16H,2,4-5,7-11,13H2,(H,25,29,30)/t14-,17+,18-;12-,14-,15+;13-,14+;15-,16+/m1010/s1. The van der Waals surface area contributed by atoms with Crippen molar-refractivity contribution in [1.82, 2.24) is 141 Å². The van der Waals surface area contributed by atoms with E-state index in [1.165, 1.54) is 14.0 Å². The molecule has 17 heterocycles. The van der Waals surface area contributed by atoms with E-state index in [0.717, 1.165) is 179 Å². The number of likely N-dealkylation sites (tertiary alicyclic amines) is 1. The van der Waals surface area contributed by atoms with Gasteiger partial charge >= 0.3 is 30.2 Å². The molecule has 0 unspecified atom stereocenters. The van der Waals surface area contributed by atoms with Gasteiger partial charge in [0.25, 0.3) is 29.6 Å². The fourth-order valence-corrected chi connectivity index (χ4v) is 18.4. The van der Waals surface area contributed by atoms with Crippen molar-refractivity contribution in [2.45, 2.75) is 185 Å². The average Bonchev–Trinajstić information content (AvgIpc) is 1.60. The minimum atomic E-state index is -4.62. The minimum absolute atomic E-state index is 0.0178. The number of amides is 4. The number of pyridine rings is 4. The van der Waals surface area contributed by atoms with E-state index < -0.39 is 47.9 Å². The maximum absolute atomic E-state index is 13.7. The summed E-state index contributed by atoms with van der Waals surface area (Å²) in [6.45, 7) is 14.2. The molecule has 5 aliphatic heterocycles. The number of halogens is 5. The predicted molar refractivity (Wildman–Crippen MR) is 516 cm³/mol. The summed E-state index contributed by atoms with van der Waals surface area (Å²) in [5, 5.41) is 67.9. The van der Waals surface area contributed by atoms with Crippen molar-refractivity contribution < 1.29 is 74.3 Å². The summed E-state index contributed by atoms with van der Waals surface area (Å²) in [5.41, 5.74) is 6.72. The molecule has 772 valence electrons. The minimum Gasteiger partial charge on any atom is -0.496 e. The number of nitrogens with one attached hydrogen (secondary N) is 7. The number of nitrogens with zero attached hydrogens (tertiary/aromatic N) is 28. The smallest absolute Gasteiger partial charge is 0.408 e. The highest BCUT2D eigenvalue weighted by Crippen LogP contribution is 2.44. The highest BCUT2D eigenvalue weighted by Gasteiger charge is 2.44. The van der Waals surface area contributed by atoms with Crippen molar-refractivity contribution in [2.75, 3.05) is 133 Å². The Morgan fingerprint density at radius 2 is 0.789 bits per heavy atom. The second-order valence-corrected chi connectivity index (χ2v) is 38.4. The van der Waals surface area contributed by atoms with Crippen LogP contribution in [0.5, 0.6) is 35.5 Å². The largest absolute Gasteiger partial charge is 0.496 e. The number of hydrogen-bond donors (Lipinski definition) is 7. The lowest BCUT2D eigenvalue weighted by Gasteiger charge is -2.32. The molecular weight excluding hydrogens is 1910 g/mol. The maximum Gasteiger partial charge on any atom is 0.408 e. The van der Waals surface area contributed by atoms with E-state index in [4.69, 9.17) is 48.9 Å². The third kappa shape index (κ3) is 24.3. The van der Waals surface area contributed by atoms with Crippen molar-refractivity contribution in [3.05, 3.63) is 107 Å². The van der Waals surface area contributed by atoms with Crippen LogP contribution in [0.15, 0.2) is 61.2 Å². The lowest BCUT2D eigenvalue weighted by molar-refractivity contribution is -0.149. The van der Waals surface area contributed by atoms with Crippen LogP contribution in [-0.2, 0) is 4.74 Å². The number of anilines is 4. The van der Waals surface area contributed by atoms with Crippen LogP contribution in [0.2, 0.25) is 0 Å². The van der Waals surface area contributed by atoms with Gasteiger partial charge in [0.15, 0.2) is 22.6 Å². The fraction of sp³-hybridized carbons (Fsp3) is 0.552. The third-order valence-electron chi connectivity index (χ3n) is 28.0. The number of methoxy groups -OCH3 is 3. The van der Waals surface area contributed by atoms with Gasteiger partial charge in [-0.05, 0) is 160 Å². The molecular formula is C96H112F5N35O11. The number of carbonyl (C=O) groups is 4. The van der Waals surface area contributed by atoms with Gasteiger partial charge < -0.3 is 73.6 Å². The van der Waals surface area contributed by atoms with Gasteiger partial charge in [-0.15, -0.1) is 0 Å². The van der Waals surface area contributed by atoms with E-state index in [0.29, 0.717) is 111 Å². The number of H-pyrrole nitrogens is 4. The van der Waals surface area contributed by atoms with Crippen molar-refractivity contribution in [2.24, 2.45) is 41.4 Å². The quantitative estimate of drug-likeness (QED) is 0.0193. The third-order valence-corrected chi connectivity index (χ3v) is 28.0. The number of aromatic amines is 4. The van der Waals surface area contributed by atoms with E-state index >= 15 is 0 Å². The molecule has 4 aliphatic carbocycles. The highest BCUT2D eigenvalue weighted by molar-refractivity contribution is 5.93. The number of piperidine rings is 4. The van der Waals surface area contributed by atoms with Gasteiger partial charge in [-0.3, -0.25) is 39.6 Å². The van der Waals surface area contributed by atoms with Crippen molar-refractivity contribution in [1.29, 1.82) is 15.8 Å². The second-order valence-electron chi connectivity index (χ2n) is 38.4. The maximum atomic E-state index is 13.7. The summed E-state index contributed by atoms with van der Waals surface area (Å²) in [6.07, 6.45) is 13.7. The van der Waals surface area contributed by atoms with Crippen LogP contribution in [0.25, 0.3) is 44.1 Å². The van der Waals surface area contributed by atoms with Crippen LogP contribution >= 0.6 is 0 Å². The zero-order valence-electron chi connectivity index (χ0n) is 82.1. The molecule has 7 N–H and O–H groups in total. The monoisotopic (exact) mass is 2030 g/mol. The Morgan fingerprint density at radius 3 is 1.15 bits per heavy atom. The van der Waals surface area contributed by atoms with Crippen LogP contribution in [-0.4, -0.2) is 299 Å². The van der Waals surface area contributed by atoms with Crippen LogP contribution in [0.4, 0.5) is 45.7 Å². The fourth-order valence-electron chi connectivity index (χ4n) is 18.4. The molecule has 4 amide bonds. The van der Waals surface area contributed by atoms with Crippen molar-refractivity contribution in [3.63, 3.8) is 0 Å². The number of hydrogen-bond acceptors (Lipinski definition) is 38. The normalized spacial score (nSPS) is 20.4. The van der Waals surface area contributed by atoms with E-state index in [1.54, 1.807) is 63.0 Å². The van der Waals surface area contributed by atoms with E-state index in [9.17, 15) is 41.1 Å². The molecule has 0 aromatic carbocycles. The Morgan fingerprint density at radius 1 is 0.435 bits per heavy atom. The molecule has 9 fully saturated rings. The van der Waals surface area contributed by atoms with Crippen molar-refractivity contribution in [3.8, 4) is 53.7 Å². The zero-order valence-corrected chi connectivity index (χ0v) is 82.1. The SMILES string of the molecule is COC[C@@H](C)Oc1nc(C(=O)N[C@@H](C)C(C)(F)F)nc(N2CCC(c3[nH]nc4nccc(OC)c34)CC2)n1.COc1ccnc2n[nH]c(C3CCN(c4nc(OC[C@H]5C[C@H]5C#N)nc(C(=O)N[C@@H](C)C(F)(F)F)n4)CC3)c12.C[C@@H](NC(=O)c1nc(OC[C@H]2C[C@H]2C#N)nc(N2CCC(c3[nH]nc4ncccc34)CC2)n1)C1CC1.N#C[C@@H]1C[C@@H]1COc1nc(C(=O)N2CCC2)nc(N2CCC(c3[nH]nc4ncccc34)CC2)n1. The molecule has 5 saturated heterocycles. The van der Waals surface area contributed by atoms with Gasteiger partial charge in [-0.25, -0.2) is 28.7 Å². The first-order valence-corrected chi connectivity index (χ1v) is 49.3. The molecule has 0 radical (unpaired) electrons. The van der Waals surface area contributed by atoms with Gasteiger partial charge in [-0.1, -0.05) is 0 Å². The molecule has 0 bridgehead atoms. The number of carbonyl (C=O) groups excluding carboxylic acids is 4. The second kappa shape index (κ2) is 44.6. The number of nitriles is 3. The Kier molecular flexibility index (Phi) is 30.8. The summed E-state index contributed by atoms with van der Waals surface area (Å²) >= 11 is 0. The summed E-state index contributed by atoms with van der Waals surface area (Å²) in [6, 6.07) is 14.8. The molecule has 51 heteroatoms. The molecule has 12 aromatic rings. The topological polar surface area (TPSA) is 578 Å². The molecule has 46 nitrogen and oxygen atoms in total. The molecule has 12 aromatic heterocycles. The predicted octanol–water partition coefficient (Wildman–Crippen LogP) is 9.98. The number of alkyl halides is 5. The average molecular weight is 2030 g/mol. The van der Waals surface area contributed by atoms with Gasteiger partial charge in [0, 0.05) is 174 Å². The molecule has 4 saturated carbocycles. The number of aromatic nitrogens is 24. The molecule has 10 atom stereocenters. The van der Waals surface area contributed by atoms with Gasteiger partial charge in [0.1, 0.15) is 23.6 Å². The van der Waals surface area contributed by atoms with Crippen LogP contribution in [0, 0.1) is 75.4 Å². The van der Waals surface area contributed by atoms with Crippen molar-refractivity contribution >= 4 is 91.6 Å². The Hall–Kier alpha value is -15.5. The van der Waals surface area contributed by atoms with E-state index in [1.807, 2.05) is 46.3 Å². The van der Waals surface area contributed by atoms with Gasteiger partial charge in [0.2, 0.25) is 47.1 Å². The molecule has 21 rings (SSSR count). The first-order chi connectivity index (χ1) is 71.0. The summed E-state index contributed by atoms with van der Waals surface area (Å²) in [4.78, 5) is 130. The summed E-state index contributed by atoms with van der Waals surface area (Å²) in [7, 11) is 4.72. The van der Waals surface area contributed by atoms with Crippen LogP contribution in [0.1, 0.15) is 213 Å². The molecule has 0 spiro atoms. The first kappa shape index (κ1) is 102. The lowest BCUT2D eigenvalue weighted by Crippen LogP contribution is -2.44.